The average molecular weight is 309 g/mol. The third-order valence-corrected chi connectivity index (χ3v) is 2.81. The zero-order chi connectivity index (χ0) is 16.9. The molecule has 0 aliphatic rings. The van der Waals surface area contributed by atoms with Crippen LogP contribution in [-0.2, 0) is 4.74 Å². The summed E-state index contributed by atoms with van der Waals surface area (Å²) in [6, 6.07) is 16.6. The van der Waals surface area contributed by atoms with Gasteiger partial charge in [-0.25, -0.2) is 4.79 Å². The van der Waals surface area contributed by atoms with E-state index in [2.05, 4.69) is 16.7 Å². The van der Waals surface area contributed by atoms with Gasteiger partial charge in [-0.1, -0.05) is 6.07 Å². The van der Waals surface area contributed by atoms with E-state index in [-0.39, 0.29) is 0 Å². The first-order chi connectivity index (χ1) is 10.9. The molecule has 0 radical (unpaired) electrons. The molecule has 0 fully saturated rings. The van der Waals surface area contributed by atoms with Gasteiger partial charge in [-0.15, -0.1) is 0 Å². The molecule has 0 atom stereocenters. The lowest BCUT2D eigenvalue weighted by atomic mass is 10.2. The number of carbonyl (C=O) groups excluding carboxylic acids is 1. The normalized spacial score (nSPS) is 10.5. The Bertz CT molecular complexity index is 725. The number of ether oxygens (including phenoxy) is 1. The van der Waals surface area contributed by atoms with Crippen molar-refractivity contribution in [2.45, 2.75) is 26.4 Å². The standard InChI is InChI=1S/C18H19N3O2/c1-18(2,3)23-17(22)21-15-9-7-14(8-10-15)20-16-6-4-5-13(11-16)12-19/h4-11,20H,1-3H3,(H,21,22). The van der Waals surface area contributed by atoms with E-state index in [0.29, 0.717) is 11.3 Å². The van der Waals surface area contributed by atoms with Crippen molar-refractivity contribution in [1.82, 2.24) is 0 Å². The van der Waals surface area contributed by atoms with Crippen LogP contribution in [0.4, 0.5) is 21.9 Å². The molecule has 0 aliphatic carbocycles. The van der Waals surface area contributed by atoms with Crippen molar-refractivity contribution in [2.75, 3.05) is 10.6 Å². The lowest BCUT2D eigenvalue weighted by molar-refractivity contribution is 0.0636. The molecule has 0 unspecified atom stereocenters. The fourth-order valence-corrected chi connectivity index (χ4v) is 1.89. The summed E-state index contributed by atoms with van der Waals surface area (Å²) in [5.74, 6) is 0. The highest BCUT2D eigenvalue weighted by molar-refractivity contribution is 5.85. The number of nitriles is 1. The highest BCUT2D eigenvalue weighted by Gasteiger charge is 2.16. The Morgan fingerprint density at radius 2 is 1.70 bits per heavy atom. The molecule has 0 bridgehead atoms. The number of rotatable bonds is 3. The van der Waals surface area contributed by atoms with Crippen LogP contribution in [0, 0.1) is 11.3 Å². The van der Waals surface area contributed by atoms with Gasteiger partial charge in [0.25, 0.3) is 0 Å². The number of hydrogen-bond donors (Lipinski definition) is 2. The largest absolute Gasteiger partial charge is 0.444 e. The molecule has 0 heterocycles. The average Bonchev–Trinajstić information content (AvgIpc) is 2.47. The van der Waals surface area contributed by atoms with Gasteiger partial charge in [0.05, 0.1) is 11.6 Å². The molecule has 5 nitrogen and oxygen atoms in total. The van der Waals surface area contributed by atoms with E-state index in [9.17, 15) is 4.79 Å². The number of anilines is 3. The Morgan fingerprint density at radius 1 is 1.04 bits per heavy atom. The molecule has 2 N–H and O–H groups in total. The van der Waals surface area contributed by atoms with Crippen LogP contribution in [0.3, 0.4) is 0 Å². The summed E-state index contributed by atoms with van der Waals surface area (Å²) in [6.45, 7) is 5.44. The van der Waals surface area contributed by atoms with Crippen LogP contribution in [0.2, 0.25) is 0 Å². The summed E-state index contributed by atoms with van der Waals surface area (Å²) < 4.78 is 5.20. The SMILES string of the molecule is CC(C)(C)OC(=O)Nc1ccc(Nc2cccc(C#N)c2)cc1. The molecule has 5 heteroatoms. The molecule has 23 heavy (non-hydrogen) atoms. The Kier molecular flexibility index (Phi) is 4.87. The van der Waals surface area contributed by atoms with Crippen molar-refractivity contribution in [2.24, 2.45) is 0 Å². The second-order valence-corrected chi connectivity index (χ2v) is 6.02. The van der Waals surface area contributed by atoms with Gasteiger partial charge in [0.1, 0.15) is 5.60 Å². The van der Waals surface area contributed by atoms with Crippen molar-refractivity contribution >= 4 is 23.2 Å². The van der Waals surface area contributed by atoms with Crippen molar-refractivity contribution < 1.29 is 9.53 Å². The Morgan fingerprint density at radius 3 is 2.30 bits per heavy atom. The molecule has 1 amide bonds. The van der Waals surface area contributed by atoms with E-state index in [1.807, 2.05) is 45.0 Å². The van der Waals surface area contributed by atoms with E-state index in [0.717, 1.165) is 11.4 Å². The minimum absolute atomic E-state index is 0.486. The summed E-state index contributed by atoms with van der Waals surface area (Å²) >= 11 is 0. The summed E-state index contributed by atoms with van der Waals surface area (Å²) in [5.41, 5.74) is 2.40. The van der Waals surface area contributed by atoms with Crippen LogP contribution in [0.15, 0.2) is 48.5 Å². The van der Waals surface area contributed by atoms with Gasteiger partial charge >= 0.3 is 6.09 Å². The van der Waals surface area contributed by atoms with Crippen LogP contribution in [-0.4, -0.2) is 11.7 Å². The van der Waals surface area contributed by atoms with Crippen LogP contribution in [0.1, 0.15) is 26.3 Å². The third-order valence-electron chi connectivity index (χ3n) is 2.81. The predicted molar refractivity (Wildman–Crippen MR) is 90.7 cm³/mol. The smallest absolute Gasteiger partial charge is 0.412 e. The summed E-state index contributed by atoms with van der Waals surface area (Å²) in [6.07, 6.45) is -0.486. The number of nitrogens with one attached hydrogen (secondary N) is 2. The van der Waals surface area contributed by atoms with Gasteiger partial charge in [0, 0.05) is 17.1 Å². The van der Waals surface area contributed by atoms with Crippen LogP contribution < -0.4 is 10.6 Å². The van der Waals surface area contributed by atoms with Crippen molar-refractivity contribution in [3.63, 3.8) is 0 Å². The van der Waals surface area contributed by atoms with Crippen molar-refractivity contribution in [1.29, 1.82) is 5.26 Å². The quantitative estimate of drug-likeness (QED) is 0.865. The summed E-state index contributed by atoms with van der Waals surface area (Å²) in [7, 11) is 0. The first kappa shape index (κ1) is 16.4. The van der Waals surface area contributed by atoms with Gasteiger partial charge in [-0.3, -0.25) is 5.32 Å². The summed E-state index contributed by atoms with van der Waals surface area (Å²) in [5, 5.41) is 14.8. The van der Waals surface area contributed by atoms with Gasteiger partial charge in [-0.2, -0.15) is 5.26 Å². The molecule has 118 valence electrons. The number of benzene rings is 2. The third kappa shape index (κ3) is 5.36. The molecular weight excluding hydrogens is 290 g/mol. The van der Waals surface area contributed by atoms with Gasteiger partial charge in [0.2, 0.25) is 0 Å². The van der Waals surface area contributed by atoms with Crippen molar-refractivity contribution in [3.05, 3.63) is 54.1 Å². The van der Waals surface area contributed by atoms with E-state index >= 15 is 0 Å². The van der Waals surface area contributed by atoms with E-state index in [4.69, 9.17) is 10.00 Å². The number of amides is 1. The van der Waals surface area contributed by atoms with E-state index < -0.39 is 11.7 Å². The molecule has 2 aromatic carbocycles. The van der Waals surface area contributed by atoms with Crippen LogP contribution in [0.5, 0.6) is 0 Å². The van der Waals surface area contributed by atoms with Gasteiger partial charge in [-0.05, 0) is 63.2 Å². The maximum absolute atomic E-state index is 11.7. The maximum Gasteiger partial charge on any atom is 0.412 e. The molecule has 0 saturated carbocycles. The molecule has 0 spiro atoms. The molecule has 0 aromatic heterocycles. The molecule has 2 rings (SSSR count). The number of carbonyl (C=O) groups is 1. The van der Waals surface area contributed by atoms with E-state index in [1.165, 1.54) is 0 Å². The second-order valence-electron chi connectivity index (χ2n) is 6.02. The highest BCUT2D eigenvalue weighted by atomic mass is 16.6. The molecule has 2 aromatic rings. The highest BCUT2D eigenvalue weighted by Crippen LogP contribution is 2.20. The maximum atomic E-state index is 11.7. The van der Waals surface area contributed by atoms with Gasteiger partial charge in [0.15, 0.2) is 0 Å². The zero-order valence-electron chi connectivity index (χ0n) is 13.4. The Hall–Kier alpha value is -3.00. The minimum atomic E-state index is -0.530. The first-order valence-corrected chi connectivity index (χ1v) is 7.23. The Labute approximate surface area is 135 Å². The molecular formula is C18H19N3O2. The topological polar surface area (TPSA) is 74.2 Å². The van der Waals surface area contributed by atoms with Crippen LogP contribution in [0.25, 0.3) is 0 Å². The Balaban J connectivity index is 1.99. The summed E-state index contributed by atoms with van der Waals surface area (Å²) in [4.78, 5) is 11.7. The van der Waals surface area contributed by atoms with Crippen LogP contribution >= 0.6 is 0 Å². The van der Waals surface area contributed by atoms with Gasteiger partial charge < -0.3 is 10.1 Å². The molecule has 0 aliphatic heterocycles. The number of nitrogens with zero attached hydrogens (tertiary/aromatic N) is 1. The lowest BCUT2D eigenvalue weighted by Gasteiger charge is -2.19. The fourth-order valence-electron chi connectivity index (χ4n) is 1.89. The predicted octanol–water partition coefficient (Wildman–Crippen LogP) is 4.65. The van der Waals surface area contributed by atoms with E-state index in [1.54, 1.807) is 24.3 Å². The lowest BCUT2D eigenvalue weighted by Crippen LogP contribution is -2.27. The minimum Gasteiger partial charge on any atom is -0.444 e. The second kappa shape index (κ2) is 6.84. The monoisotopic (exact) mass is 309 g/mol. The number of hydrogen-bond acceptors (Lipinski definition) is 4. The zero-order valence-corrected chi connectivity index (χ0v) is 13.4. The molecule has 0 saturated heterocycles. The first-order valence-electron chi connectivity index (χ1n) is 7.23. The van der Waals surface area contributed by atoms with Crippen molar-refractivity contribution in [3.8, 4) is 6.07 Å². The fraction of sp³-hybridized carbons (Fsp3) is 0.222.